The SMILES string of the molecule is CCC(NC(C)CC(C)(C)OC)c1ccc(C)cc1. The van der Waals surface area contributed by atoms with E-state index in [1.54, 1.807) is 7.11 Å². The summed E-state index contributed by atoms with van der Waals surface area (Å²) < 4.78 is 5.50. The Kier molecular flexibility index (Phi) is 6.02. The number of hydrogen-bond donors (Lipinski definition) is 1. The van der Waals surface area contributed by atoms with Gasteiger partial charge in [0.1, 0.15) is 0 Å². The fraction of sp³-hybridized carbons (Fsp3) is 0.647. The van der Waals surface area contributed by atoms with E-state index in [1.807, 2.05) is 0 Å². The lowest BCUT2D eigenvalue weighted by Gasteiger charge is -2.30. The van der Waals surface area contributed by atoms with Crippen molar-refractivity contribution >= 4 is 0 Å². The smallest absolute Gasteiger partial charge is 0.0637 e. The highest BCUT2D eigenvalue weighted by molar-refractivity contribution is 5.24. The fourth-order valence-corrected chi connectivity index (χ4v) is 2.47. The summed E-state index contributed by atoms with van der Waals surface area (Å²) in [5.41, 5.74) is 2.61. The molecule has 2 unspecified atom stereocenters. The zero-order chi connectivity index (χ0) is 14.5. The fourth-order valence-electron chi connectivity index (χ4n) is 2.47. The second kappa shape index (κ2) is 7.06. The molecule has 0 spiro atoms. The van der Waals surface area contributed by atoms with Gasteiger partial charge in [0, 0.05) is 19.2 Å². The molecule has 0 fully saturated rings. The molecule has 2 nitrogen and oxygen atoms in total. The Bertz CT molecular complexity index is 369. The molecule has 0 aliphatic rings. The molecule has 1 aromatic carbocycles. The predicted molar refractivity (Wildman–Crippen MR) is 82.5 cm³/mol. The summed E-state index contributed by atoms with van der Waals surface area (Å²) in [5, 5.41) is 3.71. The maximum Gasteiger partial charge on any atom is 0.0637 e. The van der Waals surface area contributed by atoms with E-state index in [9.17, 15) is 0 Å². The third kappa shape index (κ3) is 5.33. The molecule has 1 rings (SSSR count). The molecule has 0 aliphatic heterocycles. The highest BCUT2D eigenvalue weighted by Gasteiger charge is 2.22. The third-order valence-corrected chi connectivity index (χ3v) is 3.72. The number of rotatable bonds is 7. The van der Waals surface area contributed by atoms with Crippen molar-refractivity contribution in [2.24, 2.45) is 0 Å². The summed E-state index contributed by atoms with van der Waals surface area (Å²) in [5.74, 6) is 0. The summed E-state index contributed by atoms with van der Waals surface area (Å²) in [7, 11) is 1.78. The van der Waals surface area contributed by atoms with Crippen molar-refractivity contribution in [3.05, 3.63) is 35.4 Å². The molecular weight excluding hydrogens is 234 g/mol. The molecule has 2 atom stereocenters. The van der Waals surface area contributed by atoms with E-state index in [1.165, 1.54) is 11.1 Å². The monoisotopic (exact) mass is 263 g/mol. The lowest BCUT2D eigenvalue weighted by atomic mass is 9.97. The Hall–Kier alpha value is -0.860. The van der Waals surface area contributed by atoms with Crippen LogP contribution < -0.4 is 5.32 Å². The van der Waals surface area contributed by atoms with Gasteiger partial charge in [-0.15, -0.1) is 0 Å². The first-order valence-electron chi connectivity index (χ1n) is 7.25. The Morgan fingerprint density at radius 3 is 2.26 bits per heavy atom. The molecule has 0 aromatic heterocycles. The average molecular weight is 263 g/mol. The Morgan fingerprint density at radius 2 is 1.79 bits per heavy atom. The summed E-state index contributed by atoms with van der Waals surface area (Å²) in [6.45, 7) is 10.9. The average Bonchev–Trinajstić information content (AvgIpc) is 2.36. The molecule has 1 N–H and O–H groups in total. The zero-order valence-corrected chi connectivity index (χ0v) is 13.3. The second-order valence-corrected chi connectivity index (χ2v) is 6.11. The second-order valence-electron chi connectivity index (χ2n) is 6.11. The Morgan fingerprint density at radius 1 is 1.21 bits per heavy atom. The molecule has 108 valence electrons. The lowest BCUT2D eigenvalue weighted by molar-refractivity contribution is 0.00760. The van der Waals surface area contributed by atoms with Crippen molar-refractivity contribution in [3.63, 3.8) is 0 Å². The van der Waals surface area contributed by atoms with Gasteiger partial charge in [0.25, 0.3) is 0 Å². The van der Waals surface area contributed by atoms with Gasteiger partial charge in [-0.3, -0.25) is 0 Å². The van der Waals surface area contributed by atoms with Crippen LogP contribution in [0, 0.1) is 6.92 Å². The topological polar surface area (TPSA) is 21.3 Å². The minimum atomic E-state index is -0.0714. The number of aryl methyl sites for hydroxylation is 1. The first-order valence-corrected chi connectivity index (χ1v) is 7.25. The van der Waals surface area contributed by atoms with Gasteiger partial charge in [0.05, 0.1) is 5.60 Å². The summed E-state index contributed by atoms with van der Waals surface area (Å²) in [4.78, 5) is 0. The van der Waals surface area contributed by atoms with Gasteiger partial charge in [-0.2, -0.15) is 0 Å². The number of ether oxygens (including phenoxy) is 1. The molecule has 0 radical (unpaired) electrons. The van der Waals surface area contributed by atoms with Gasteiger partial charge in [-0.25, -0.2) is 0 Å². The predicted octanol–water partition coefficient (Wildman–Crippen LogP) is 4.24. The molecule has 19 heavy (non-hydrogen) atoms. The molecule has 0 amide bonds. The lowest BCUT2D eigenvalue weighted by Crippen LogP contribution is -2.37. The van der Waals surface area contributed by atoms with Crippen LogP contribution in [0.5, 0.6) is 0 Å². The van der Waals surface area contributed by atoms with Crippen molar-refractivity contribution in [1.29, 1.82) is 0 Å². The zero-order valence-electron chi connectivity index (χ0n) is 13.3. The van der Waals surface area contributed by atoms with Crippen molar-refractivity contribution in [3.8, 4) is 0 Å². The van der Waals surface area contributed by atoms with E-state index < -0.39 is 0 Å². The minimum absolute atomic E-state index is 0.0714. The Labute approximate surface area is 118 Å². The van der Waals surface area contributed by atoms with Crippen LogP contribution in [-0.2, 0) is 4.74 Å². The van der Waals surface area contributed by atoms with Crippen LogP contribution in [0.3, 0.4) is 0 Å². The molecule has 0 saturated carbocycles. The molecule has 0 bridgehead atoms. The van der Waals surface area contributed by atoms with E-state index in [0.29, 0.717) is 12.1 Å². The number of benzene rings is 1. The van der Waals surface area contributed by atoms with E-state index in [4.69, 9.17) is 4.74 Å². The highest BCUT2D eigenvalue weighted by atomic mass is 16.5. The van der Waals surface area contributed by atoms with Crippen molar-refractivity contribution in [2.45, 2.75) is 65.1 Å². The van der Waals surface area contributed by atoms with Crippen LogP contribution in [-0.4, -0.2) is 18.8 Å². The largest absolute Gasteiger partial charge is 0.379 e. The third-order valence-electron chi connectivity index (χ3n) is 3.72. The maximum absolute atomic E-state index is 5.50. The molecule has 2 heteroatoms. The van der Waals surface area contributed by atoms with Crippen LogP contribution in [0.1, 0.15) is 57.7 Å². The molecule has 0 heterocycles. The first kappa shape index (κ1) is 16.2. The normalized spacial score (nSPS) is 15.3. The quantitative estimate of drug-likeness (QED) is 0.794. The van der Waals surface area contributed by atoms with Crippen molar-refractivity contribution < 1.29 is 4.74 Å². The van der Waals surface area contributed by atoms with Crippen LogP contribution in [0.4, 0.5) is 0 Å². The van der Waals surface area contributed by atoms with E-state index in [0.717, 1.165) is 12.8 Å². The Balaban J connectivity index is 2.64. The highest BCUT2D eigenvalue weighted by Crippen LogP contribution is 2.21. The van der Waals surface area contributed by atoms with Crippen molar-refractivity contribution in [1.82, 2.24) is 5.32 Å². The summed E-state index contributed by atoms with van der Waals surface area (Å²) in [6.07, 6.45) is 2.10. The van der Waals surface area contributed by atoms with Crippen LogP contribution >= 0.6 is 0 Å². The van der Waals surface area contributed by atoms with Gasteiger partial charge in [-0.1, -0.05) is 36.8 Å². The van der Waals surface area contributed by atoms with E-state index >= 15 is 0 Å². The number of hydrogen-bond acceptors (Lipinski definition) is 2. The van der Waals surface area contributed by atoms with Gasteiger partial charge >= 0.3 is 0 Å². The molecule has 0 saturated heterocycles. The van der Waals surface area contributed by atoms with Crippen molar-refractivity contribution in [2.75, 3.05) is 7.11 Å². The number of nitrogens with one attached hydrogen (secondary N) is 1. The molecular formula is C17H29NO. The first-order chi connectivity index (χ1) is 8.88. The van der Waals surface area contributed by atoms with Gasteiger partial charge < -0.3 is 10.1 Å². The molecule has 0 aliphatic carbocycles. The van der Waals surface area contributed by atoms with Gasteiger partial charge in [-0.05, 0) is 46.1 Å². The van der Waals surface area contributed by atoms with Crippen LogP contribution in [0.25, 0.3) is 0 Å². The minimum Gasteiger partial charge on any atom is -0.379 e. The van der Waals surface area contributed by atoms with E-state index in [2.05, 4.69) is 64.2 Å². The van der Waals surface area contributed by atoms with Crippen LogP contribution in [0.15, 0.2) is 24.3 Å². The summed E-state index contributed by atoms with van der Waals surface area (Å²) >= 11 is 0. The summed E-state index contributed by atoms with van der Waals surface area (Å²) in [6, 6.07) is 9.67. The van der Waals surface area contributed by atoms with Crippen LogP contribution in [0.2, 0.25) is 0 Å². The maximum atomic E-state index is 5.50. The van der Waals surface area contributed by atoms with E-state index in [-0.39, 0.29) is 5.60 Å². The van der Waals surface area contributed by atoms with Gasteiger partial charge in [0.15, 0.2) is 0 Å². The number of methoxy groups -OCH3 is 1. The van der Waals surface area contributed by atoms with Gasteiger partial charge in [0.2, 0.25) is 0 Å². The molecule has 1 aromatic rings. The standard InChI is InChI=1S/C17H29NO/c1-7-16(15-10-8-13(2)9-11-15)18-14(3)12-17(4,5)19-6/h8-11,14,16,18H,7,12H2,1-6H3.